The van der Waals surface area contributed by atoms with Gasteiger partial charge in [0, 0.05) is 33.5 Å². The Hall–Kier alpha value is -7.16. The topological polar surface area (TPSA) is 8.17 Å². The number of nitrogens with zero attached hydrogens (tertiary/aromatic N) is 2. The Morgan fingerprint density at radius 1 is 0.278 bits per heavy atom. The smallest absolute Gasteiger partial charge is 0.0541 e. The van der Waals surface area contributed by atoms with Gasteiger partial charge >= 0.3 is 0 Å². The van der Waals surface area contributed by atoms with Crippen molar-refractivity contribution in [2.45, 2.75) is 0 Å². The zero-order valence-corrected chi connectivity index (χ0v) is 29.7. The van der Waals surface area contributed by atoms with E-state index >= 15 is 0 Å². The van der Waals surface area contributed by atoms with E-state index in [4.69, 9.17) is 0 Å². The van der Waals surface area contributed by atoms with Gasteiger partial charge in [0.1, 0.15) is 0 Å². The van der Waals surface area contributed by atoms with Gasteiger partial charge in [-0.05, 0) is 105 Å². The average molecular weight is 689 g/mol. The third kappa shape index (κ3) is 5.62. The summed E-state index contributed by atoms with van der Waals surface area (Å²) in [6.45, 7) is 0. The summed E-state index contributed by atoms with van der Waals surface area (Å²) in [6, 6.07) is 78.7. The van der Waals surface area contributed by atoms with E-state index in [1.807, 2.05) is 0 Å². The highest BCUT2D eigenvalue weighted by Gasteiger charge is 2.15. The summed E-state index contributed by atoms with van der Waals surface area (Å²) < 4.78 is 2.36. The van der Waals surface area contributed by atoms with Crippen molar-refractivity contribution >= 4 is 49.6 Å². The van der Waals surface area contributed by atoms with Crippen molar-refractivity contribution in [3.8, 4) is 39.1 Å². The van der Waals surface area contributed by atoms with Crippen LogP contribution < -0.4 is 4.90 Å². The molecule has 0 bridgehead atoms. The Morgan fingerprint density at radius 2 is 0.685 bits per heavy atom. The molecule has 1 heterocycles. The molecule has 10 rings (SSSR count). The predicted octanol–water partition coefficient (Wildman–Crippen LogP) is 14.4. The van der Waals surface area contributed by atoms with Crippen LogP contribution in [0.3, 0.4) is 0 Å². The average Bonchev–Trinajstić information content (AvgIpc) is 3.59. The van der Waals surface area contributed by atoms with E-state index in [-0.39, 0.29) is 0 Å². The molecule has 54 heavy (non-hydrogen) atoms. The lowest BCUT2D eigenvalue weighted by molar-refractivity contribution is 1.18. The lowest BCUT2D eigenvalue weighted by atomic mass is 9.96. The lowest BCUT2D eigenvalue weighted by Crippen LogP contribution is -2.09. The van der Waals surface area contributed by atoms with Crippen LogP contribution >= 0.6 is 0 Å². The molecule has 0 spiro atoms. The highest BCUT2D eigenvalue weighted by atomic mass is 15.1. The summed E-state index contributed by atoms with van der Waals surface area (Å²) in [5, 5.41) is 5.09. The SMILES string of the molecule is c1ccc(N(c2ccc(-c3ccc(-c4cccc5ccccc45)cc3)cc2)c2ccc(-c3ccc(-n4c5ccccc5c5ccccc54)cc3)cc2)cc1. The molecule has 0 saturated carbocycles. The van der Waals surface area contributed by atoms with Crippen LogP contribution in [0.25, 0.3) is 71.6 Å². The van der Waals surface area contributed by atoms with Crippen molar-refractivity contribution in [2.24, 2.45) is 0 Å². The highest BCUT2D eigenvalue weighted by Crippen LogP contribution is 2.38. The van der Waals surface area contributed by atoms with E-state index in [1.165, 1.54) is 66.0 Å². The van der Waals surface area contributed by atoms with Gasteiger partial charge in [0.2, 0.25) is 0 Å². The Morgan fingerprint density at radius 3 is 1.26 bits per heavy atom. The molecule has 9 aromatic carbocycles. The molecule has 254 valence electrons. The quantitative estimate of drug-likeness (QED) is 0.162. The van der Waals surface area contributed by atoms with Gasteiger partial charge in [-0.2, -0.15) is 0 Å². The van der Waals surface area contributed by atoms with Gasteiger partial charge in [-0.1, -0.05) is 158 Å². The first-order chi connectivity index (χ1) is 26.8. The van der Waals surface area contributed by atoms with Crippen LogP contribution in [0, 0.1) is 0 Å². The summed E-state index contributed by atoms with van der Waals surface area (Å²) in [6.07, 6.45) is 0. The molecular weight excluding hydrogens is 653 g/mol. The highest BCUT2D eigenvalue weighted by molar-refractivity contribution is 6.09. The van der Waals surface area contributed by atoms with Crippen molar-refractivity contribution in [2.75, 3.05) is 4.90 Å². The monoisotopic (exact) mass is 688 g/mol. The van der Waals surface area contributed by atoms with Gasteiger partial charge < -0.3 is 9.47 Å². The summed E-state index contributed by atoms with van der Waals surface area (Å²) in [5.74, 6) is 0. The fourth-order valence-corrected chi connectivity index (χ4v) is 7.95. The predicted molar refractivity (Wildman–Crippen MR) is 229 cm³/mol. The Balaban J connectivity index is 0.930. The Labute approximate surface area is 315 Å². The van der Waals surface area contributed by atoms with Gasteiger partial charge in [-0.25, -0.2) is 0 Å². The van der Waals surface area contributed by atoms with Crippen LogP contribution in [-0.2, 0) is 0 Å². The van der Waals surface area contributed by atoms with E-state index < -0.39 is 0 Å². The third-order valence-corrected chi connectivity index (χ3v) is 10.6. The third-order valence-electron chi connectivity index (χ3n) is 10.6. The summed E-state index contributed by atoms with van der Waals surface area (Å²) in [5.41, 5.74) is 14.2. The molecule has 0 amide bonds. The molecule has 2 heteroatoms. The van der Waals surface area contributed by atoms with Crippen molar-refractivity contribution < 1.29 is 0 Å². The number of benzene rings is 9. The molecule has 0 fully saturated rings. The van der Waals surface area contributed by atoms with Gasteiger partial charge in [-0.15, -0.1) is 0 Å². The number of anilines is 3. The second-order valence-electron chi connectivity index (χ2n) is 13.8. The van der Waals surface area contributed by atoms with Crippen molar-refractivity contribution in [3.05, 3.63) is 218 Å². The van der Waals surface area contributed by atoms with E-state index in [0.29, 0.717) is 0 Å². The largest absolute Gasteiger partial charge is 0.311 e. The van der Waals surface area contributed by atoms with Crippen molar-refractivity contribution in [1.82, 2.24) is 4.57 Å². The molecular formula is C52H36N2. The molecule has 0 unspecified atom stereocenters. The van der Waals surface area contributed by atoms with Crippen LogP contribution in [0.15, 0.2) is 218 Å². The molecule has 0 aliphatic carbocycles. The minimum absolute atomic E-state index is 1.11. The maximum Gasteiger partial charge on any atom is 0.0541 e. The fourth-order valence-electron chi connectivity index (χ4n) is 7.95. The zero-order valence-electron chi connectivity index (χ0n) is 29.7. The molecule has 0 N–H and O–H groups in total. The van der Waals surface area contributed by atoms with Crippen molar-refractivity contribution in [1.29, 1.82) is 0 Å². The van der Waals surface area contributed by atoms with Crippen molar-refractivity contribution in [3.63, 3.8) is 0 Å². The number of para-hydroxylation sites is 3. The summed E-state index contributed by atoms with van der Waals surface area (Å²) in [7, 11) is 0. The van der Waals surface area contributed by atoms with Crippen LogP contribution in [0.4, 0.5) is 17.1 Å². The van der Waals surface area contributed by atoms with Gasteiger partial charge in [0.25, 0.3) is 0 Å². The van der Waals surface area contributed by atoms with Gasteiger partial charge in [-0.3, -0.25) is 0 Å². The number of aromatic nitrogens is 1. The minimum atomic E-state index is 1.11. The summed E-state index contributed by atoms with van der Waals surface area (Å²) in [4.78, 5) is 2.32. The van der Waals surface area contributed by atoms with Crippen LogP contribution in [0.5, 0.6) is 0 Å². The Bertz CT molecular complexity index is 2830. The Kier molecular flexibility index (Phi) is 7.85. The second kappa shape index (κ2) is 13.4. The maximum atomic E-state index is 2.36. The normalized spacial score (nSPS) is 11.3. The first kappa shape index (κ1) is 31.6. The number of fused-ring (bicyclic) bond motifs is 4. The molecule has 2 nitrogen and oxygen atoms in total. The molecule has 0 aliphatic heterocycles. The van der Waals surface area contributed by atoms with E-state index in [9.17, 15) is 0 Å². The van der Waals surface area contributed by atoms with Crippen LogP contribution in [0.1, 0.15) is 0 Å². The molecule has 0 atom stereocenters. The van der Waals surface area contributed by atoms with E-state index in [2.05, 4.69) is 228 Å². The number of hydrogen-bond donors (Lipinski definition) is 0. The molecule has 0 saturated heterocycles. The molecule has 0 aliphatic rings. The zero-order chi connectivity index (χ0) is 35.8. The lowest BCUT2D eigenvalue weighted by Gasteiger charge is -2.26. The standard InChI is InChI=1S/C52H36N2/c1-2-13-43(14-3-1)53(44-31-25-38(26-32-44)37-21-23-42(24-22-37)48-18-10-12-41-11-4-5-15-47(41)48)45-33-27-39(28-34-45)40-29-35-46(36-30-40)54-51-19-8-6-16-49(51)50-17-7-9-20-52(50)54/h1-36H. The maximum absolute atomic E-state index is 2.36. The first-order valence-electron chi connectivity index (χ1n) is 18.5. The van der Waals surface area contributed by atoms with Crippen LogP contribution in [0.2, 0.25) is 0 Å². The van der Waals surface area contributed by atoms with Crippen LogP contribution in [-0.4, -0.2) is 4.57 Å². The number of hydrogen-bond acceptors (Lipinski definition) is 1. The minimum Gasteiger partial charge on any atom is -0.311 e. The second-order valence-corrected chi connectivity index (χ2v) is 13.8. The summed E-state index contributed by atoms with van der Waals surface area (Å²) >= 11 is 0. The molecule has 1 aromatic heterocycles. The van der Waals surface area contributed by atoms with E-state index in [1.54, 1.807) is 0 Å². The van der Waals surface area contributed by atoms with Gasteiger partial charge in [0.15, 0.2) is 0 Å². The number of rotatable bonds is 7. The molecule has 10 aromatic rings. The molecule has 0 radical (unpaired) electrons. The van der Waals surface area contributed by atoms with Gasteiger partial charge in [0.05, 0.1) is 11.0 Å². The van der Waals surface area contributed by atoms with E-state index in [0.717, 1.165) is 22.7 Å². The first-order valence-corrected chi connectivity index (χ1v) is 18.5. The fraction of sp³-hybridized carbons (Fsp3) is 0.